The number of hydrogen-bond donors (Lipinski definition) is 5. The standard InChI is InChI=1S/C33H66N6/c1-28(2)18-24(19-29(3,4)37-28)34-17-15-13-14-16-27(35-25-20-30(5,6)38-31(7,8)21-25)36-26-22-32(9,10)39-33(11,12)23-26/h24-26,34,37-39H,13-23H2,1-12H3,(H,35,36). The molecule has 39 heavy (non-hydrogen) atoms. The van der Waals surface area contributed by atoms with E-state index in [1.54, 1.807) is 0 Å². The van der Waals surface area contributed by atoms with Crippen molar-refractivity contribution in [2.45, 2.75) is 199 Å². The maximum atomic E-state index is 5.46. The largest absolute Gasteiger partial charge is 0.371 e. The van der Waals surface area contributed by atoms with Crippen LogP contribution in [0.25, 0.3) is 0 Å². The van der Waals surface area contributed by atoms with Crippen molar-refractivity contribution >= 4 is 5.84 Å². The highest BCUT2D eigenvalue weighted by Crippen LogP contribution is 2.32. The number of rotatable bonds is 9. The van der Waals surface area contributed by atoms with Gasteiger partial charge in [-0.2, -0.15) is 0 Å². The topological polar surface area (TPSA) is 72.5 Å². The molecule has 3 aliphatic heterocycles. The number of hydrogen-bond acceptors (Lipinski definition) is 5. The summed E-state index contributed by atoms with van der Waals surface area (Å²) >= 11 is 0. The molecule has 6 heteroatoms. The Bertz CT molecular complexity index is 789. The number of unbranched alkanes of at least 4 members (excludes halogenated alkanes) is 2. The molecule has 228 valence electrons. The van der Waals surface area contributed by atoms with Gasteiger partial charge in [0.25, 0.3) is 0 Å². The first-order valence-corrected chi connectivity index (χ1v) is 16.1. The Kier molecular flexibility index (Phi) is 10.0. The quantitative estimate of drug-likeness (QED) is 0.138. The Morgan fingerprint density at radius 1 is 0.564 bits per heavy atom. The van der Waals surface area contributed by atoms with E-state index in [0.717, 1.165) is 38.6 Å². The normalized spacial score (nSPS) is 28.8. The van der Waals surface area contributed by atoms with Crippen molar-refractivity contribution in [3.05, 3.63) is 0 Å². The minimum Gasteiger partial charge on any atom is -0.371 e. The van der Waals surface area contributed by atoms with Crippen molar-refractivity contribution < 1.29 is 0 Å². The number of nitrogens with one attached hydrogen (secondary N) is 5. The second kappa shape index (κ2) is 11.9. The van der Waals surface area contributed by atoms with Gasteiger partial charge in [-0.1, -0.05) is 6.42 Å². The molecule has 0 aromatic carbocycles. The van der Waals surface area contributed by atoms with E-state index >= 15 is 0 Å². The second-order valence-corrected chi connectivity index (χ2v) is 17.4. The van der Waals surface area contributed by atoms with Crippen LogP contribution in [0.3, 0.4) is 0 Å². The lowest BCUT2D eigenvalue weighted by Crippen LogP contribution is -2.62. The first-order chi connectivity index (χ1) is 17.6. The molecular formula is C33H66N6. The van der Waals surface area contributed by atoms with Gasteiger partial charge in [0, 0.05) is 51.7 Å². The molecule has 0 amide bonds. The minimum atomic E-state index is 0.114. The summed E-state index contributed by atoms with van der Waals surface area (Å²) in [5, 5.41) is 19.4. The Hall–Kier alpha value is -0.690. The third-order valence-electron chi connectivity index (χ3n) is 8.78. The molecule has 0 spiro atoms. The van der Waals surface area contributed by atoms with E-state index in [1.807, 2.05) is 0 Å². The first kappa shape index (κ1) is 32.8. The van der Waals surface area contributed by atoms with Crippen molar-refractivity contribution in [3.8, 4) is 0 Å². The lowest BCUT2D eigenvalue weighted by atomic mass is 9.79. The molecule has 3 rings (SSSR count). The van der Waals surface area contributed by atoms with Crippen LogP contribution in [-0.2, 0) is 0 Å². The molecule has 6 nitrogen and oxygen atoms in total. The monoisotopic (exact) mass is 547 g/mol. The maximum Gasteiger partial charge on any atom is 0.0968 e. The third-order valence-corrected chi connectivity index (χ3v) is 8.78. The Morgan fingerprint density at radius 3 is 1.44 bits per heavy atom. The predicted molar refractivity (Wildman–Crippen MR) is 170 cm³/mol. The van der Waals surface area contributed by atoms with Crippen molar-refractivity contribution in [2.24, 2.45) is 4.99 Å². The summed E-state index contributed by atoms with van der Waals surface area (Å²) in [6, 6.07) is 1.44. The van der Waals surface area contributed by atoms with Crippen molar-refractivity contribution in [1.29, 1.82) is 0 Å². The van der Waals surface area contributed by atoms with E-state index in [-0.39, 0.29) is 33.2 Å². The zero-order valence-electron chi connectivity index (χ0n) is 28.0. The minimum absolute atomic E-state index is 0.114. The van der Waals surface area contributed by atoms with E-state index in [1.165, 1.54) is 37.9 Å². The number of aliphatic imine (C=N–C) groups is 1. The number of nitrogens with zero attached hydrogens (tertiary/aromatic N) is 1. The second-order valence-electron chi connectivity index (χ2n) is 17.4. The molecule has 3 saturated heterocycles. The summed E-state index contributed by atoms with van der Waals surface area (Å²) in [4.78, 5) is 5.46. The van der Waals surface area contributed by atoms with Gasteiger partial charge in [0.05, 0.1) is 11.9 Å². The molecule has 5 N–H and O–H groups in total. The third kappa shape index (κ3) is 11.2. The van der Waals surface area contributed by atoms with Crippen LogP contribution in [0.2, 0.25) is 0 Å². The van der Waals surface area contributed by atoms with Crippen LogP contribution >= 0.6 is 0 Å². The molecule has 0 radical (unpaired) electrons. The number of amidine groups is 1. The van der Waals surface area contributed by atoms with Crippen LogP contribution in [0, 0.1) is 0 Å². The maximum absolute atomic E-state index is 5.46. The van der Waals surface area contributed by atoms with Gasteiger partial charge in [-0.15, -0.1) is 0 Å². The fourth-order valence-corrected chi connectivity index (χ4v) is 8.78. The van der Waals surface area contributed by atoms with Crippen molar-refractivity contribution in [2.75, 3.05) is 6.54 Å². The van der Waals surface area contributed by atoms with Crippen LogP contribution in [0.4, 0.5) is 0 Å². The molecule has 0 unspecified atom stereocenters. The Labute approximate surface area is 242 Å². The first-order valence-electron chi connectivity index (χ1n) is 16.1. The van der Waals surface area contributed by atoms with E-state index in [0.29, 0.717) is 18.1 Å². The van der Waals surface area contributed by atoms with Gasteiger partial charge in [-0.3, -0.25) is 4.99 Å². The summed E-state index contributed by atoms with van der Waals surface area (Å²) < 4.78 is 0. The van der Waals surface area contributed by atoms with E-state index in [2.05, 4.69) is 110 Å². The molecule has 3 heterocycles. The molecular weight excluding hydrogens is 480 g/mol. The van der Waals surface area contributed by atoms with E-state index in [9.17, 15) is 0 Å². The van der Waals surface area contributed by atoms with Gasteiger partial charge >= 0.3 is 0 Å². The average molecular weight is 547 g/mol. The van der Waals surface area contributed by atoms with Crippen LogP contribution in [0.15, 0.2) is 4.99 Å². The SMILES string of the molecule is CC1(C)CC(N=C(CCCCCNC2CC(C)(C)NC(C)(C)C2)NC2CC(C)(C)NC(C)(C)C2)CC(C)(C)N1. The lowest BCUT2D eigenvalue weighted by Gasteiger charge is -2.47. The highest BCUT2D eigenvalue weighted by Gasteiger charge is 2.40. The molecule has 0 atom stereocenters. The molecule has 0 bridgehead atoms. The lowest BCUT2D eigenvalue weighted by molar-refractivity contribution is 0.146. The predicted octanol–water partition coefficient (Wildman–Crippen LogP) is 6.05. The molecule has 0 aliphatic carbocycles. The summed E-state index contributed by atoms with van der Waals surface area (Å²) in [5.41, 5.74) is 0.893. The van der Waals surface area contributed by atoms with Gasteiger partial charge in [-0.25, -0.2) is 0 Å². The molecule has 0 aromatic rings. The average Bonchev–Trinajstić information content (AvgIpc) is 2.63. The zero-order valence-corrected chi connectivity index (χ0v) is 28.0. The van der Waals surface area contributed by atoms with Gasteiger partial charge in [-0.05, 0) is 141 Å². The zero-order chi connectivity index (χ0) is 29.3. The van der Waals surface area contributed by atoms with Crippen molar-refractivity contribution in [1.82, 2.24) is 26.6 Å². The summed E-state index contributed by atoms with van der Waals surface area (Å²) in [5.74, 6) is 1.25. The number of piperidine rings is 3. The van der Waals surface area contributed by atoms with Crippen LogP contribution in [0.1, 0.15) is 147 Å². The summed E-state index contributed by atoms with van der Waals surface area (Å²) in [6.07, 6.45) is 11.6. The van der Waals surface area contributed by atoms with Crippen LogP contribution < -0.4 is 26.6 Å². The Morgan fingerprint density at radius 2 is 0.974 bits per heavy atom. The molecule has 0 saturated carbocycles. The fourth-order valence-electron chi connectivity index (χ4n) is 8.78. The molecule has 3 fully saturated rings. The van der Waals surface area contributed by atoms with Crippen LogP contribution in [0.5, 0.6) is 0 Å². The highest BCUT2D eigenvalue weighted by atomic mass is 15.1. The van der Waals surface area contributed by atoms with E-state index in [4.69, 9.17) is 4.99 Å². The van der Waals surface area contributed by atoms with Gasteiger partial charge in [0.2, 0.25) is 0 Å². The van der Waals surface area contributed by atoms with Crippen LogP contribution in [-0.4, -0.2) is 63.7 Å². The molecule has 3 aliphatic rings. The fraction of sp³-hybridized carbons (Fsp3) is 0.970. The summed E-state index contributed by atoms with van der Waals surface area (Å²) in [7, 11) is 0. The Balaban J connectivity index is 1.58. The smallest absolute Gasteiger partial charge is 0.0968 e. The van der Waals surface area contributed by atoms with Gasteiger partial charge < -0.3 is 26.6 Å². The van der Waals surface area contributed by atoms with Crippen molar-refractivity contribution in [3.63, 3.8) is 0 Å². The van der Waals surface area contributed by atoms with E-state index < -0.39 is 0 Å². The summed E-state index contributed by atoms with van der Waals surface area (Å²) in [6.45, 7) is 29.2. The molecule has 0 aromatic heterocycles. The highest BCUT2D eigenvalue weighted by molar-refractivity contribution is 5.82. The van der Waals surface area contributed by atoms with Gasteiger partial charge in [0.1, 0.15) is 0 Å². The van der Waals surface area contributed by atoms with Gasteiger partial charge in [0.15, 0.2) is 0 Å².